The van der Waals surface area contributed by atoms with Crippen molar-refractivity contribution in [1.82, 2.24) is 10.0 Å². The number of rotatable bonds is 7. The van der Waals surface area contributed by atoms with Gasteiger partial charge in [-0.25, -0.2) is 17.5 Å². The lowest BCUT2D eigenvalue weighted by Gasteiger charge is -2.09. The van der Waals surface area contributed by atoms with Gasteiger partial charge in [-0.15, -0.1) is 6.58 Å². The van der Waals surface area contributed by atoms with Crippen LogP contribution in [0.15, 0.2) is 60.0 Å². The van der Waals surface area contributed by atoms with Crippen LogP contribution in [0, 0.1) is 17.1 Å². The second kappa shape index (κ2) is 8.38. The molecule has 0 spiro atoms. The van der Waals surface area contributed by atoms with Gasteiger partial charge in [-0.1, -0.05) is 18.2 Å². The highest BCUT2D eigenvalue weighted by Gasteiger charge is 2.20. The Labute approximate surface area is 151 Å². The number of nitrogens with one attached hydrogen (secondary N) is 2. The van der Waals surface area contributed by atoms with Gasteiger partial charge in [0.05, 0.1) is 11.6 Å². The zero-order valence-corrected chi connectivity index (χ0v) is 14.5. The zero-order chi connectivity index (χ0) is 19.2. The first-order valence-corrected chi connectivity index (χ1v) is 9.03. The minimum absolute atomic E-state index is 0.0130. The van der Waals surface area contributed by atoms with Crippen molar-refractivity contribution in [2.75, 3.05) is 6.54 Å². The fraction of sp³-hybridized carbons (Fsp3) is 0.111. The van der Waals surface area contributed by atoms with Crippen LogP contribution >= 0.6 is 0 Å². The summed E-state index contributed by atoms with van der Waals surface area (Å²) in [7, 11) is -4.09. The summed E-state index contributed by atoms with van der Waals surface area (Å²) < 4.78 is 40.2. The number of nitrogens with zero attached hydrogens (tertiary/aromatic N) is 1. The van der Waals surface area contributed by atoms with Crippen molar-refractivity contribution in [2.24, 2.45) is 0 Å². The van der Waals surface area contributed by atoms with Gasteiger partial charge in [-0.3, -0.25) is 4.79 Å². The lowest BCUT2D eigenvalue weighted by atomic mass is 10.1. The number of carbonyl (C=O) groups excluding carboxylic acids is 1. The van der Waals surface area contributed by atoms with Crippen LogP contribution in [0.4, 0.5) is 4.39 Å². The maximum atomic E-state index is 13.9. The molecule has 0 aliphatic heterocycles. The molecule has 0 bridgehead atoms. The predicted octanol–water partition coefficient (Wildman–Crippen LogP) is 2.09. The van der Waals surface area contributed by atoms with Crippen LogP contribution in [0.1, 0.15) is 21.5 Å². The van der Waals surface area contributed by atoms with E-state index in [0.717, 1.165) is 17.7 Å². The molecule has 0 aliphatic carbocycles. The third kappa shape index (κ3) is 4.75. The molecule has 0 heterocycles. The molecule has 0 atom stereocenters. The van der Waals surface area contributed by atoms with E-state index < -0.39 is 26.6 Å². The Bertz CT molecular complexity index is 964. The molecule has 1 amide bonds. The summed E-state index contributed by atoms with van der Waals surface area (Å²) in [5.74, 6) is -1.50. The van der Waals surface area contributed by atoms with Crippen molar-refractivity contribution in [3.05, 3.63) is 77.6 Å². The second-order valence-electron chi connectivity index (χ2n) is 5.28. The molecule has 0 aliphatic rings. The van der Waals surface area contributed by atoms with Gasteiger partial charge >= 0.3 is 0 Å². The van der Waals surface area contributed by atoms with Crippen LogP contribution in [0.25, 0.3) is 0 Å². The van der Waals surface area contributed by atoms with Crippen LogP contribution < -0.4 is 10.0 Å². The van der Waals surface area contributed by atoms with Crippen molar-refractivity contribution in [3.63, 3.8) is 0 Å². The summed E-state index contributed by atoms with van der Waals surface area (Å²) in [6, 6.07) is 11.7. The fourth-order valence-electron chi connectivity index (χ4n) is 2.08. The van der Waals surface area contributed by atoms with Crippen molar-refractivity contribution < 1.29 is 17.6 Å². The first kappa shape index (κ1) is 19.3. The largest absolute Gasteiger partial charge is 0.348 e. The van der Waals surface area contributed by atoms with Crippen molar-refractivity contribution >= 4 is 15.9 Å². The molecule has 0 unspecified atom stereocenters. The maximum Gasteiger partial charge on any atom is 0.251 e. The molecule has 2 aromatic rings. The molecule has 8 heteroatoms. The van der Waals surface area contributed by atoms with E-state index in [9.17, 15) is 17.6 Å². The van der Waals surface area contributed by atoms with Gasteiger partial charge in [-0.2, -0.15) is 5.26 Å². The number of hydrogen-bond donors (Lipinski definition) is 2. The van der Waals surface area contributed by atoms with Gasteiger partial charge < -0.3 is 5.32 Å². The molecule has 134 valence electrons. The topological polar surface area (TPSA) is 99.1 Å². The zero-order valence-electron chi connectivity index (χ0n) is 13.7. The smallest absolute Gasteiger partial charge is 0.251 e. The highest BCUT2D eigenvalue weighted by molar-refractivity contribution is 7.89. The Morgan fingerprint density at radius 1 is 1.23 bits per heavy atom. The maximum absolute atomic E-state index is 13.9. The average Bonchev–Trinajstić information content (AvgIpc) is 2.65. The van der Waals surface area contributed by atoms with E-state index in [-0.39, 0.29) is 18.7 Å². The van der Waals surface area contributed by atoms with Crippen LogP contribution in [0.3, 0.4) is 0 Å². The summed E-state index contributed by atoms with van der Waals surface area (Å²) in [6.45, 7) is 3.51. The SMILES string of the molecule is C=CCNS(=O)(=O)c1cc(C(=O)NCc2ccc(C#N)cc2)ccc1F. The summed E-state index contributed by atoms with van der Waals surface area (Å²) in [4.78, 5) is 11.6. The molecule has 0 saturated heterocycles. The Hall–Kier alpha value is -3.02. The third-order valence-electron chi connectivity index (χ3n) is 3.44. The lowest BCUT2D eigenvalue weighted by molar-refractivity contribution is 0.0950. The van der Waals surface area contributed by atoms with E-state index in [0.29, 0.717) is 5.56 Å². The molecule has 0 aromatic heterocycles. The molecule has 26 heavy (non-hydrogen) atoms. The first-order valence-electron chi connectivity index (χ1n) is 7.54. The quantitative estimate of drug-likeness (QED) is 0.726. The normalized spacial score (nSPS) is 10.8. The Morgan fingerprint density at radius 3 is 2.54 bits per heavy atom. The third-order valence-corrected chi connectivity index (χ3v) is 4.88. The van der Waals surface area contributed by atoms with E-state index in [2.05, 4.69) is 16.6 Å². The van der Waals surface area contributed by atoms with Gasteiger partial charge in [0.25, 0.3) is 5.91 Å². The molecule has 2 aromatic carbocycles. The van der Waals surface area contributed by atoms with E-state index in [1.807, 2.05) is 6.07 Å². The van der Waals surface area contributed by atoms with Crippen LogP contribution in [-0.2, 0) is 16.6 Å². The van der Waals surface area contributed by atoms with Crippen molar-refractivity contribution in [2.45, 2.75) is 11.4 Å². The van der Waals surface area contributed by atoms with Crippen molar-refractivity contribution in [3.8, 4) is 6.07 Å². The fourth-order valence-corrected chi connectivity index (χ4v) is 3.18. The average molecular weight is 373 g/mol. The molecule has 2 rings (SSSR count). The van der Waals surface area contributed by atoms with Crippen molar-refractivity contribution in [1.29, 1.82) is 5.26 Å². The first-order chi connectivity index (χ1) is 12.4. The van der Waals surface area contributed by atoms with Gasteiger partial charge in [0.2, 0.25) is 10.0 Å². The van der Waals surface area contributed by atoms with E-state index >= 15 is 0 Å². The Kier molecular flexibility index (Phi) is 6.22. The minimum atomic E-state index is -4.09. The molecular formula is C18H16FN3O3S. The monoisotopic (exact) mass is 373 g/mol. The number of hydrogen-bond acceptors (Lipinski definition) is 4. The van der Waals surface area contributed by atoms with Gasteiger partial charge in [0.1, 0.15) is 10.7 Å². The molecule has 6 nitrogen and oxygen atoms in total. The summed E-state index contributed by atoms with van der Waals surface area (Å²) in [5.41, 5.74) is 1.28. The van der Waals surface area contributed by atoms with E-state index in [1.54, 1.807) is 24.3 Å². The van der Waals surface area contributed by atoms with Crippen LogP contribution in [0.5, 0.6) is 0 Å². The standard InChI is InChI=1S/C18H16FN3O3S/c1-2-9-22-26(24,25)17-10-15(7-8-16(17)19)18(23)21-12-14-5-3-13(11-20)4-6-14/h2-8,10,22H,1,9,12H2,(H,21,23). The highest BCUT2D eigenvalue weighted by atomic mass is 32.2. The number of amides is 1. The number of carbonyl (C=O) groups is 1. The molecule has 0 saturated carbocycles. The second-order valence-corrected chi connectivity index (χ2v) is 7.01. The highest BCUT2D eigenvalue weighted by Crippen LogP contribution is 2.16. The minimum Gasteiger partial charge on any atom is -0.348 e. The summed E-state index contributed by atoms with van der Waals surface area (Å²) in [5, 5.41) is 11.4. The predicted molar refractivity (Wildman–Crippen MR) is 94.1 cm³/mol. The van der Waals surface area contributed by atoms with Crippen LogP contribution in [0.2, 0.25) is 0 Å². The molecule has 0 radical (unpaired) electrons. The van der Waals surface area contributed by atoms with Gasteiger partial charge in [0, 0.05) is 18.7 Å². The van der Waals surface area contributed by atoms with Gasteiger partial charge in [-0.05, 0) is 35.9 Å². The van der Waals surface area contributed by atoms with E-state index in [1.165, 1.54) is 12.1 Å². The van der Waals surface area contributed by atoms with Crippen LogP contribution in [-0.4, -0.2) is 20.9 Å². The molecule has 2 N–H and O–H groups in total. The number of sulfonamides is 1. The molecule has 0 fully saturated rings. The number of benzene rings is 2. The number of halogens is 1. The van der Waals surface area contributed by atoms with E-state index in [4.69, 9.17) is 5.26 Å². The summed E-state index contributed by atoms with van der Waals surface area (Å²) in [6.07, 6.45) is 1.32. The Morgan fingerprint density at radius 2 is 1.92 bits per heavy atom. The number of nitriles is 1. The molecular weight excluding hydrogens is 357 g/mol. The Balaban J connectivity index is 2.15. The summed E-state index contributed by atoms with van der Waals surface area (Å²) >= 11 is 0. The van der Waals surface area contributed by atoms with Gasteiger partial charge in [0.15, 0.2) is 0 Å². The lowest BCUT2D eigenvalue weighted by Crippen LogP contribution is -2.26.